The molecule has 5 nitrogen and oxygen atoms in total. The van der Waals surface area contributed by atoms with E-state index in [4.69, 9.17) is 9.47 Å². The highest BCUT2D eigenvalue weighted by molar-refractivity contribution is 5.43. The van der Waals surface area contributed by atoms with Gasteiger partial charge in [-0.15, -0.1) is 0 Å². The van der Waals surface area contributed by atoms with Crippen molar-refractivity contribution in [3.05, 3.63) is 28.8 Å². The number of ether oxygens (including phenoxy) is 2. The number of methoxy groups -OCH3 is 1. The van der Waals surface area contributed by atoms with E-state index in [1.54, 1.807) is 7.11 Å². The van der Waals surface area contributed by atoms with Crippen molar-refractivity contribution in [1.82, 2.24) is 9.80 Å². The number of hydrogen-bond donors (Lipinski definition) is 1. The van der Waals surface area contributed by atoms with E-state index in [0.29, 0.717) is 12.1 Å². The Bertz CT molecular complexity index is 587. The van der Waals surface area contributed by atoms with Crippen molar-refractivity contribution in [1.29, 1.82) is 0 Å². The fourth-order valence-corrected chi connectivity index (χ4v) is 4.39. The minimum atomic E-state index is 0.253. The number of aliphatic hydroxyl groups is 1. The van der Waals surface area contributed by atoms with Crippen LogP contribution in [-0.4, -0.2) is 73.6 Å². The Morgan fingerprint density at radius 2 is 1.92 bits per heavy atom. The molecule has 2 aliphatic heterocycles. The number of nitrogens with zero attached hydrogens (tertiary/aromatic N) is 2. The maximum absolute atomic E-state index is 9.58. The van der Waals surface area contributed by atoms with Crippen LogP contribution in [-0.2, 0) is 11.3 Å². The van der Waals surface area contributed by atoms with Crippen LogP contribution < -0.4 is 4.74 Å². The molecule has 26 heavy (non-hydrogen) atoms. The largest absolute Gasteiger partial charge is 0.496 e. The van der Waals surface area contributed by atoms with Gasteiger partial charge >= 0.3 is 0 Å². The number of piperazine rings is 1. The van der Waals surface area contributed by atoms with Crippen LogP contribution in [0.4, 0.5) is 0 Å². The molecular weight excluding hydrogens is 328 g/mol. The monoisotopic (exact) mass is 362 g/mol. The smallest absolute Gasteiger partial charge is 0.122 e. The lowest BCUT2D eigenvalue weighted by atomic mass is 9.99. The summed E-state index contributed by atoms with van der Waals surface area (Å²) in [6, 6.07) is 5.34. The van der Waals surface area contributed by atoms with E-state index in [9.17, 15) is 5.11 Å². The van der Waals surface area contributed by atoms with Crippen molar-refractivity contribution in [3.63, 3.8) is 0 Å². The molecule has 0 amide bonds. The Kier molecular flexibility index (Phi) is 6.92. The highest BCUT2D eigenvalue weighted by atomic mass is 16.5. The molecule has 0 aromatic heterocycles. The second kappa shape index (κ2) is 9.18. The lowest BCUT2D eigenvalue weighted by Crippen LogP contribution is -2.56. The first kappa shape index (κ1) is 19.6. The van der Waals surface area contributed by atoms with Crippen LogP contribution in [0.25, 0.3) is 0 Å². The molecule has 5 heteroatoms. The standard InChI is InChI=1S/C21H34N2O3/c1-16-17(2)21(25-3)5-4-18(16)14-22-9-10-23(15-20(22)6-11-24)19-7-12-26-13-8-19/h4-5,19-20,24H,6-15H2,1-3H3. The zero-order valence-corrected chi connectivity index (χ0v) is 16.5. The zero-order valence-electron chi connectivity index (χ0n) is 16.5. The van der Waals surface area contributed by atoms with Crippen LogP contribution in [0.1, 0.15) is 36.0 Å². The summed E-state index contributed by atoms with van der Waals surface area (Å²) in [5, 5.41) is 9.58. The van der Waals surface area contributed by atoms with E-state index >= 15 is 0 Å². The van der Waals surface area contributed by atoms with Crippen LogP contribution in [0.3, 0.4) is 0 Å². The molecule has 2 aliphatic rings. The Morgan fingerprint density at radius 3 is 2.62 bits per heavy atom. The second-order valence-corrected chi connectivity index (χ2v) is 7.65. The van der Waals surface area contributed by atoms with Crippen LogP contribution in [0, 0.1) is 13.8 Å². The Labute approximate surface area is 157 Å². The third kappa shape index (κ3) is 4.39. The Hall–Kier alpha value is -1.14. The first-order chi connectivity index (χ1) is 12.6. The van der Waals surface area contributed by atoms with Gasteiger partial charge in [-0.25, -0.2) is 0 Å². The van der Waals surface area contributed by atoms with Gasteiger partial charge in [0.25, 0.3) is 0 Å². The van der Waals surface area contributed by atoms with Gasteiger partial charge in [0.05, 0.1) is 7.11 Å². The van der Waals surface area contributed by atoms with E-state index in [1.165, 1.54) is 16.7 Å². The molecule has 2 saturated heterocycles. The van der Waals surface area contributed by atoms with Gasteiger partial charge in [0, 0.05) is 58.1 Å². The fourth-order valence-electron chi connectivity index (χ4n) is 4.39. The average molecular weight is 363 g/mol. The van der Waals surface area contributed by atoms with Gasteiger partial charge < -0.3 is 14.6 Å². The molecule has 0 aliphatic carbocycles. The topological polar surface area (TPSA) is 45.2 Å². The summed E-state index contributed by atoms with van der Waals surface area (Å²) in [5.41, 5.74) is 3.91. The van der Waals surface area contributed by atoms with E-state index in [-0.39, 0.29) is 6.61 Å². The second-order valence-electron chi connectivity index (χ2n) is 7.65. The van der Waals surface area contributed by atoms with Gasteiger partial charge in [-0.2, -0.15) is 0 Å². The van der Waals surface area contributed by atoms with Gasteiger partial charge in [0.1, 0.15) is 5.75 Å². The number of aliphatic hydroxyl groups excluding tert-OH is 1. The fraction of sp³-hybridized carbons (Fsp3) is 0.714. The summed E-state index contributed by atoms with van der Waals surface area (Å²) in [7, 11) is 1.73. The molecule has 146 valence electrons. The molecule has 0 radical (unpaired) electrons. The van der Waals surface area contributed by atoms with Gasteiger partial charge in [-0.3, -0.25) is 9.80 Å². The molecule has 0 saturated carbocycles. The summed E-state index contributed by atoms with van der Waals surface area (Å²) in [5.74, 6) is 0.961. The van der Waals surface area contributed by atoms with E-state index < -0.39 is 0 Å². The van der Waals surface area contributed by atoms with E-state index in [2.05, 4.69) is 35.8 Å². The first-order valence-electron chi connectivity index (χ1n) is 9.93. The molecule has 1 aromatic carbocycles. The molecule has 2 fully saturated rings. The number of rotatable bonds is 6. The highest BCUT2D eigenvalue weighted by Gasteiger charge is 2.31. The summed E-state index contributed by atoms with van der Waals surface area (Å²) in [6.45, 7) is 10.5. The van der Waals surface area contributed by atoms with Crippen LogP contribution in [0.2, 0.25) is 0 Å². The van der Waals surface area contributed by atoms with Crippen molar-refractivity contribution in [2.24, 2.45) is 0 Å². The lowest BCUT2D eigenvalue weighted by molar-refractivity contribution is -0.0117. The quantitative estimate of drug-likeness (QED) is 0.842. The minimum absolute atomic E-state index is 0.253. The maximum atomic E-state index is 9.58. The van der Waals surface area contributed by atoms with Gasteiger partial charge in [-0.1, -0.05) is 6.07 Å². The normalized spacial score (nSPS) is 23.3. The predicted molar refractivity (Wildman–Crippen MR) is 104 cm³/mol. The number of benzene rings is 1. The summed E-state index contributed by atoms with van der Waals surface area (Å²) in [6.07, 6.45) is 3.12. The van der Waals surface area contributed by atoms with Crippen molar-refractivity contribution < 1.29 is 14.6 Å². The van der Waals surface area contributed by atoms with Gasteiger partial charge in [-0.05, 0) is 55.9 Å². The molecule has 1 N–H and O–H groups in total. The Balaban J connectivity index is 1.68. The Morgan fingerprint density at radius 1 is 1.15 bits per heavy atom. The summed E-state index contributed by atoms with van der Waals surface area (Å²) < 4.78 is 11.0. The van der Waals surface area contributed by atoms with E-state index in [1.807, 2.05) is 0 Å². The predicted octanol–water partition coefficient (Wildman–Crippen LogP) is 2.36. The van der Waals surface area contributed by atoms with Crippen molar-refractivity contribution in [2.45, 2.75) is 51.7 Å². The molecule has 1 atom stereocenters. The first-order valence-corrected chi connectivity index (χ1v) is 9.93. The highest BCUT2D eigenvalue weighted by Crippen LogP contribution is 2.27. The molecular formula is C21H34N2O3. The number of hydrogen-bond acceptors (Lipinski definition) is 5. The van der Waals surface area contributed by atoms with Gasteiger partial charge in [0.2, 0.25) is 0 Å². The lowest BCUT2D eigenvalue weighted by Gasteiger charge is -2.45. The maximum Gasteiger partial charge on any atom is 0.122 e. The third-order valence-electron chi connectivity index (χ3n) is 6.25. The van der Waals surface area contributed by atoms with Crippen molar-refractivity contribution >= 4 is 0 Å². The van der Waals surface area contributed by atoms with Gasteiger partial charge in [0.15, 0.2) is 0 Å². The molecule has 1 aromatic rings. The van der Waals surface area contributed by atoms with Crippen LogP contribution >= 0.6 is 0 Å². The minimum Gasteiger partial charge on any atom is -0.496 e. The van der Waals surface area contributed by atoms with E-state index in [0.717, 1.165) is 64.4 Å². The molecule has 1 unspecified atom stereocenters. The molecule has 0 spiro atoms. The zero-order chi connectivity index (χ0) is 18.5. The van der Waals surface area contributed by atoms with Crippen molar-refractivity contribution in [3.8, 4) is 5.75 Å². The molecule has 0 bridgehead atoms. The van der Waals surface area contributed by atoms with Crippen LogP contribution in [0.15, 0.2) is 12.1 Å². The van der Waals surface area contributed by atoms with Crippen molar-refractivity contribution in [2.75, 3.05) is 46.6 Å². The SMILES string of the molecule is COc1ccc(CN2CCN(C3CCOCC3)CC2CCO)c(C)c1C. The summed E-state index contributed by atoms with van der Waals surface area (Å²) >= 11 is 0. The summed E-state index contributed by atoms with van der Waals surface area (Å²) in [4.78, 5) is 5.19. The molecule has 3 rings (SSSR count). The third-order valence-corrected chi connectivity index (χ3v) is 6.25. The van der Waals surface area contributed by atoms with Crippen LogP contribution in [0.5, 0.6) is 5.75 Å². The molecule has 2 heterocycles. The average Bonchev–Trinajstić information content (AvgIpc) is 2.68.